The maximum Gasteiger partial charge on any atom is 0.239 e. The first-order valence-corrected chi connectivity index (χ1v) is 9.73. The van der Waals surface area contributed by atoms with Crippen LogP contribution in [0, 0.1) is 0 Å². The highest BCUT2D eigenvalue weighted by Crippen LogP contribution is 2.25. The summed E-state index contributed by atoms with van der Waals surface area (Å²) in [6.45, 7) is 5.26. The minimum absolute atomic E-state index is 0.00603. The summed E-state index contributed by atoms with van der Waals surface area (Å²) < 4.78 is 1.77. The van der Waals surface area contributed by atoms with Crippen LogP contribution in [0.2, 0.25) is 5.02 Å². The molecule has 1 fully saturated rings. The second-order valence-corrected chi connectivity index (χ2v) is 7.63. The normalized spacial score (nSPS) is 15.1. The molecule has 1 heterocycles. The van der Waals surface area contributed by atoms with Crippen LogP contribution < -0.4 is 5.32 Å². The van der Waals surface area contributed by atoms with E-state index in [1.165, 1.54) is 25.7 Å². The van der Waals surface area contributed by atoms with Gasteiger partial charge in [-0.2, -0.15) is 5.10 Å². The van der Waals surface area contributed by atoms with Gasteiger partial charge in [0.25, 0.3) is 0 Å². The number of nitrogens with one attached hydrogen (secondary N) is 1. The first kappa shape index (κ1) is 18.9. The monoisotopic (exact) mass is 374 g/mol. The molecule has 1 aliphatic carbocycles. The molecular weight excluding hydrogens is 348 g/mol. The van der Waals surface area contributed by atoms with Crippen molar-refractivity contribution in [3.8, 4) is 0 Å². The summed E-state index contributed by atoms with van der Waals surface area (Å²) in [5.74, 6) is 0.705. The number of halogens is 1. The molecule has 0 unspecified atom stereocenters. The molecule has 1 aromatic carbocycles. The molecule has 6 heteroatoms. The SMILES string of the molecule is CC(C)N(CC(=O)Nc1ccnn1Cc1ccccc1Cl)C1CCCC1. The fourth-order valence-electron chi connectivity index (χ4n) is 3.67. The Morgan fingerprint density at radius 2 is 2.04 bits per heavy atom. The third kappa shape index (κ3) is 4.65. The van der Waals surface area contributed by atoms with Gasteiger partial charge in [-0.15, -0.1) is 0 Å². The smallest absolute Gasteiger partial charge is 0.239 e. The summed E-state index contributed by atoms with van der Waals surface area (Å²) in [5.41, 5.74) is 0.975. The second kappa shape index (κ2) is 8.69. The van der Waals surface area contributed by atoms with Gasteiger partial charge in [0.2, 0.25) is 5.91 Å². The predicted octanol–water partition coefficient (Wildman–Crippen LogP) is 4.18. The van der Waals surface area contributed by atoms with E-state index in [1.807, 2.05) is 30.3 Å². The average molecular weight is 375 g/mol. The molecule has 1 aromatic heterocycles. The highest BCUT2D eigenvalue weighted by molar-refractivity contribution is 6.31. The molecule has 0 atom stereocenters. The largest absolute Gasteiger partial charge is 0.310 e. The van der Waals surface area contributed by atoms with Crippen molar-refractivity contribution in [3.05, 3.63) is 47.1 Å². The van der Waals surface area contributed by atoms with Crippen molar-refractivity contribution < 1.29 is 4.79 Å². The fraction of sp³-hybridized carbons (Fsp3) is 0.500. The van der Waals surface area contributed by atoms with Crippen LogP contribution in [-0.4, -0.2) is 39.2 Å². The Labute approximate surface area is 160 Å². The summed E-state index contributed by atoms with van der Waals surface area (Å²) in [6.07, 6.45) is 6.61. The van der Waals surface area contributed by atoms with Crippen LogP contribution in [0.4, 0.5) is 5.82 Å². The number of carbonyl (C=O) groups excluding carboxylic acids is 1. The van der Waals surface area contributed by atoms with Crippen LogP contribution in [-0.2, 0) is 11.3 Å². The molecule has 0 aliphatic heterocycles. The summed E-state index contributed by atoms with van der Waals surface area (Å²) in [4.78, 5) is 15.0. The summed E-state index contributed by atoms with van der Waals surface area (Å²) in [5, 5.41) is 8.04. The van der Waals surface area contributed by atoms with E-state index in [0.717, 1.165) is 5.56 Å². The first-order chi connectivity index (χ1) is 12.5. The van der Waals surface area contributed by atoms with Gasteiger partial charge in [0.1, 0.15) is 5.82 Å². The van der Waals surface area contributed by atoms with E-state index in [1.54, 1.807) is 10.9 Å². The number of benzene rings is 1. The molecule has 5 nitrogen and oxygen atoms in total. The Balaban J connectivity index is 1.64. The van der Waals surface area contributed by atoms with Crippen LogP contribution in [0.1, 0.15) is 45.1 Å². The fourth-order valence-corrected chi connectivity index (χ4v) is 3.87. The van der Waals surface area contributed by atoms with Gasteiger partial charge < -0.3 is 5.32 Å². The zero-order valence-electron chi connectivity index (χ0n) is 15.5. The van der Waals surface area contributed by atoms with E-state index in [-0.39, 0.29) is 5.91 Å². The number of aromatic nitrogens is 2. The van der Waals surface area contributed by atoms with Crippen molar-refractivity contribution in [2.24, 2.45) is 0 Å². The molecule has 140 valence electrons. The Morgan fingerprint density at radius 3 is 2.73 bits per heavy atom. The van der Waals surface area contributed by atoms with Gasteiger partial charge in [-0.05, 0) is 38.3 Å². The van der Waals surface area contributed by atoms with Crippen LogP contribution in [0.5, 0.6) is 0 Å². The van der Waals surface area contributed by atoms with Gasteiger partial charge in [-0.25, -0.2) is 4.68 Å². The lowest BCUT2D eigenvalue weighted by atomic mass is 10.1. The van der Waals surface area contributed by atoms with E-state index < -0.39 is 0 Å². The molecule has 3 rings (SSSR count). The zero-order valence-corrected chi connectivity index (χ0v) is 16.2. The Hall–Kier alpha value is -1.85. The summed E-state index contributed by atoms with van der Waals surface area (Å²) in [6, 6.07) is 10.4. The van der Waals surface area contributed by atoms with E-state index >= 15 is 0 Å². The molecule has 1 saturated carbocycles. The molecule has 1 amide bonds. The number of hydrogen-bond donors (Lipinski definition) is 1. The molecule has 0 radical (unpaired) electrons. The van der Waals surface area contributed by atoms with E-state index in [4.69, 9.17) is 11.6 Å². The topological polar surface area (TPSA) is 50.2 Å². The van der Waals surface area contributed by atoms with E-state index in [9.17, 15) is 4.79 Å². The Bertz CT molecular complexity index is 737. The quantitative estimate of drug-likeness (QED) is 0.791. The molecule has 1 N–H and O–H groups in total. The second-order valence-electron chi connectivity index (χ2n) is 7.22. The number of hydrogen-bond acceptors (Lipinski definition) is 3. The third-order valence-corrected chi connectivity index (χ3v) is 5.41. The zero-order chi connectivity index (χ0) is 18.5. The van der Waals surface area contributed by atoms with E-state index in [2.05, 4.69) is 29.2 Å². The summed E-state index contributed by atoms with van der Waals surface area (Å²) in [7, 11) is 0. The third-order valence-electron chi connectivity index (χ3n) is 5.05. The van der Waals surface area contributed by atoms with Crippen LogP contribution in [0.25, 0.3) is 0 Å². The molecule has 26 heavy (non-hydrogen) atoms. The Morgan fingerprint density at radius 1 is 1.31 bits per heavy atom. The van der Waals surface area contributed by atoms with E-state index in [0.29, 0.717) is 36.0 Å². The van der Waals surface area contributed by atoms with Crippen molar-refractivity contribution in [2.75, 3.05) is 11.9 Å². The number of amides is 1. The van der Waals surface area contributed by atoms with Crippen LogP contribution in [0.3, 0.4) is 0 Å². The predicted molar refractivity (Wildman–Crippen MR) is 106 cm³/mol. The van der Waals surface area contributed by atoms with Gasteiger partial charge >= 0.3 is 0 Å². The molecule has 2 aromatic rings. The number of rotatable bonds is 7. The van der Waals surface area contributed by atoms with Gasteiger partial charge in [-0.1, -0.05) is 42.6 Å². The highest BCUT2D eigenvalue weighted by atomic mass is 35.5. The van der Waals surface area contributed by atoms with Crippen molar-refractivity contribution in [1.82, 2.24) is 14.7 Å². The van der Waals surface area contributed by atoms with Crippen LogP contribution in [0.15, 0.2) is 36.5 Å². The lowest BCUT2D eigenvalue weighted by molar-refractivity contribution is -0.118. The number of anilines is 1. The number of nitrogens with zero attached hydrogens (tertiary/aromatic N) is 3. The summed E-state index contributed by atoms with van der Waals surface area (Å²) >= 11 is 6.24. The molecule has 0 bridgehead atoms. The minimum atomic E-state index is 0.00603. The van der Waals surface area contributed by atoms with Crippen molar-refractivity contribution in [2.45, 2.75) is 58.2 Å². The molecule has 1 aliphatic rings. The van der Waals surface area contributed by atoms with Crippen LogP contribution >= 0.6 is 11.6 Å². The standard InChI is InChI=1S/C20H27ClN4O/c1-15(2)24(17-8-4-5-9-17)14-20(26)23-19-11-12-22-25(19)13-16-7-3-6-10-18(16)21/h3,6-7,10-12,15,17H,4-5,8-9,13-14H2,1-2H3,(H,23,26). The van der Waals surface area contributed by atoms with Crippen molar-refractivity contribution >= 4 is 23.3 Å². The number of carbonyl (C=O) groups is 1. The molecular formula is C20H27ClN4O. The van der Waals surface area contributed by atoms with Gasteiger partial charge in [-0.3, -0.25) is 9.69 Å². The Kier molecular flexibility index (Phi) is 6.33. The molecule has 0 saturated heterocycles. The molecule has 0 spiro atoms. The van der Waals surface area contributed by atoms with Crippen molar-refractivity contribution in [1.29, 1.82) is 0 Å². The van der Waals surface area contributed by atoms with Gasteiger partial charge in [0.05, 0.1) is 19.3 Å². The first-order valence-electron chi connectivity index (χ1n) is 9.35. The highest BCUT2D eigenvalue weighted by Gasteiger charge is 2.26. The average Bonchev–Trinajstić information content (AvgIpc) is 3.27. The van der Waals surface area contributed by atoms with Crippen molar-refractivity contribution in [3.63, 3.8) is 0 Å². The maximum absolute atomic E-state index is 12.6. The van der Waals surface area contributed by atoms with Gasteiger partial charge in [0.15, 0.2) is 0 Å². The lowest BCUT2D eigenvalue weighted by Crippen LogP contribution is -2.44. The minimum Gasteiger partial charge on any atom is -0.310 e. The lowest BCUT2D eigenvalue weighted by Gasteiger charge is -2.31. The van der Waals surface area contributed by atoms with Gasteiger partial charge in [0, 0.05) is 23.2 Å². The maximum atomic E-state index is 12.6.